The summed E-state index contributed by atoms with van der Waals surface area (Å²) in [5.41, 5.74) is 2.26. The minimum atomic E-state index is -0.0761. The molecule has 7 nitrogen and oxygen atoms in total. The molecule has 2 aromatic heterocycles. The Hall–Kier alpha value is -3.48. The summed E-state index contributed by atoms with van der Waals surface area (Å²) in [5.74, 6) is 1.99. The fraction of sp³-hybridized carbons (Fsp3) is 0.360. The molecule has 4 heterocycles. The van der Waals surface area contributed by atoms with Crippen LogP contribution in [0.2, 0.25) is 0 Å². The topological polar surface area (TPSA) is 77.4 Å². The molecule has 1 amide bonds. The second-order valence-corrected chi connectivity index (χ2v) is 8.49. The summed E-state index contributed by atoms with van der Waals surface area (Å²) in [5, 5.41) is 0. The van der Waals surface area contributed by atoms with Gasteiger partial charge in [-0.05, 0) is 49.8 Å². The van der Waals surface area contributed by atoms with Crippen LogP contribution in [0.5, 0.6) is 11.6 Å². The van der Waals surface area contributed by atoms with Crippen LogP contribution in [0.4, 0.5) is 0 Å². The van der Waals surface area contributed by atoms with Crippen LogP contribution >= 0.6 is 0 Å². The number of carbonyl (C=O) groups is 1. The van der Waals surface area contributed by atoms with Crippen molar-refractivity contribution in [1.29, 1.82) is 0 Å². The zero-order chi connectivity index (χ0) is 22.1. The van der Waals surface area contributed by atoms with Gasteiger partial charge in [0.15, 0.2) is 5.82 Å². The number of aryl methyl sites for hydroxylation is 1. The molecule has 0 unspecified atom stereocenters. The van der Waals surface area contributed by atoms with Gasteiger partial charge in [0.05, 0.1) is 18.7 Å². The van der Waals surface area contributed by atoms with Gasteiger partial charge in [0, 0.05) is 36.8 Å². The highest BCUT2D eigenvalue weighted by molar-refractivity contribution is 6.03. The second kappa shape index (κ2) is 8.57. The van der Waals surface area contributed by atoms with Crippen LogP contribution in [0.25, 0.3) is 11.4 Å². The summed E-state index contributed by atoms with van der Waals surface area (Å²) in [4.78, 5) is 29.0. The molecule has 0 spiro atoms. The van der Waals surface area contributed by atoms with Gasteiger partial charge in [0.25, 0.3) is 5.91 Å². The molecule has 0 N–H and O–H groups in total. The van der Waals surface area contributed by atoms with E-state index in [1.807, 2.05) is 42.2 Å². The molecule has 164 valence electrons. The molecule has 1 aliphatic carbocycles. The zero-order valence-corrected chi connectivity index (χ0v) is 18.3. The van der Waals surface area contributed by atoms with Crippen molar-refractivity contribution in [2.75, 3.05) is 13.7 Å². The minimum Gasteiger partial charge on any atom is -0.496 e. The molecule has 6 rings (SSSR count). The van der Waals surface area contributed by atoms with E-state index < -0.39 is 0 Å². The summed E-state index contributed by atoms with van der Waals surface area (Å²) < 4.78 is 11.9. The Morgan fingerprint density at radius 1 is 1.06 bits per heavy atom. The van der Waals surface area contributed by atoms with Crippen molar-refractivity contribution in [3.8, 4) is 23.0 Å². The Balaban J connectivity index is 1.47. The number of pyridine rings is 1. The molecule has 1 aromatic carbocycles. The SMILES string of the molecule is COc1cccc(-c2ncccn2)c1C(=O)N1C[C@H]2CC[C@H]1[C@H](Oc1ccc(C)cn1)C2. The van der Waals surface area contributed by atoms with Gasteiger partial charge in [-0.15, -0.1) is 0 Å². The lowest BCUT2D eigenvalue weighted by Gasteiger charge is -2.49. The third kappa shape index (κ3) is 3.79. The van der Waals surface area contributed by atoms with Gasteiger partial charge < -0.3 is 14.4 Å². The number of hydrogen-bond donors (Lipinski definition) is 0. The van der Waals surface area contributed by atoms with Crippen LogP contribution in [-0.4, -0.2) is 51.6 Å². The molecule has 3 aliphatic rings. The standard InChI is InChI=1S/C25H26N4O3/c1-16-7-10-22(28-14-16)32-21-13-17-8-9-19(21)29(15-17)25(30)23-18(5-3-6-20(23)31-2)24-26-11-4-12-27-24/h3-7,10-12,14,17,19,21H,8-9,13,15H2,1-2H3/t17-,19-,21+/m0/s1. The fourth-order valence-electron chi connectivity index (χ4n) is 4.86. The number of rotatable bonds is 5. The van der Waals surface area contributed by atoms with Gasteiger partial charge >= 0.3 is 0 Å². The molecule has 1 saturated carbocycles. The largest absolute Gasteiger partial charge is 0.496 e. The van der Waals surface area contributed by atoms with Crippen molar-refractivity contribution in [3.05, 3.63) is 66.1 Å². The Labute approximate surface area is 187 Å². The molecule has 32 heavy (non-hydrogen) atoms. The van der Waals surface area contributed by atoms with Crippen LogP contribution in [-0.2, 0) is 0 Å². The average molecular weight is 431 g/mol. The van der Waals surface area contributed by atoms with Crippen LogP contribution in [0.1, 0.15) is 35.2 Å². The number of benzene rings is 1. The van der Waals surface area contributed by atoms with Crippen LogP contribution in [0.15, 0.2) is 55.0 Å². The molecule has 3 atom stereocenters. The van der Waals surface area contributed by atoms with Gasteiger partial charge in [0.1, 0.15) is 11.9 Å². The van der Waals surface area contributed by atoms with E-state index >= 15 is 0 Å². The molecule has 3 aromatic rings. The van der Waals surface area contributed by atoms with E-state index in [-0.39, 0.29) is 18.1 Å². The first-order chi connectivity index (χ1) is 15.6. The number of carbonyl (C=O) groups excluding carboxylic acids is 1. The number of ether oxygens (including phenoxy) is 2. The summed E-state index contributed by atoms with van der Waals surface area (Å²) in [6, 6.07) is 11.2. The Morgan fingerprint density at radius 3 is 2.62 bits per heavy atom. The lowest BCUT2D eigenvalue weighted by atomic mass is 9.77. The zero-order valence-electron chi connectivity index (χ0n) is 18.3. The van der Waals surface area contributed by atoms with Crippen molar-refractivity contribution in [1.82, 2.24) is 19.9 Å². The van der Waals surface area contributed by atoms with Crippen LogP contribution in [0, 0.1) is 12.8 Å². The van der Waals surface area contributed by atoms with Crippen LogP contribution in [0.3, 0.4) is 0 Å². The highest BCUT2D eigenvalue weighted by atomic mass is 16.5. The van der Waals surface area contributed by atoms with Gasteiger partial charge in [-0.1, -0.05) is 18.2 Å². The first-order valence-electron chi connectivity index (χ1n) is 11.0. The van der Waals surface area contributed by atoms with Crippen molar-refractivity contribution >= 4 is 5.91 Å². The Bertz CT molecular complexity index is 1100. The van der Waals surface area contributed by atoms with Crippen LogP contribution < -0.4 is 9.47 Å². The molecular weight excluding hydrogens is 404 g/mol. The fourth-order valence-corrected chi connectivity index (χ4v) is 4.86. The number of amides is 1. The number of nitrogens with zero attached hydrogens (tertiary/aromatic N) is 4. The maximum absolute atomic E-state index is 13.9. The van der Waals surface area contributed by atoms with Gasteiger partial charge in [-0.3, -0.25) is 4.79 Å². The van der Waals surface area contributed by atoms with E-state index in [4.69, 9.17) is 9.47 Å². The number of methoxy groups -OCH3 is 1. The number of aromatic nitrogens is 3. The van der Waals surface area contributed by atoms with E-state index in [2.05, 4.69) is 15.0 Å². The quantitative estimate of drug-likeness (QED) is 0.610. The number of piperidine rings is 2. The maximum Gasteiger partial charge on any atom is 0.258 e. The van der Waals surface area contributed by atoms with Crippen molar-refractivity contribution in [3.63, 3.8) is 0 Å². The van der Waals surface area contributed by atoms with Gasteiger partial charge in [-0.25, -0.2) is 15.0 Å². The summed E-state index contributed by atoms with van der Waals surface area (Å²) >= 11 is 0. The molecular formula is C25H26N4O3. The monoisotopic (exact) mass is 430 g/mol. The van der Waals surface area contributed by atoms with E-state index in [9.17, 15) is 4.79 Å². The van der Waals surface area contributed by atoms with Gasteiger partial charge in [0.2, 0.25) is 5.88 Å². The predicted molar refractivity (Wildman–Crippen MR) is 120 cm³/mol. The molecule has 0 radical (unpaired) electrons. The smallest absolute Gasteiger partial charge is 0.258 e. The first-order valence-corrected chi connectivity index (χ1v) is 11.0. The number of hydrogen-bond acceptors (Lipinski definition) is 6. The highest BCUT2D eigenvalue weighted by Crippen LogP contribution is 2.40. The second-order valence-electron chi connectivity index (χ2n) is 8.49. The third-order valence-corrected chi connectivity index (χ3v) is 6.40. The van der Waals surface area contributed by atoms with Crippen molar-refractivity contribution < 1.29 is 14.3 Å². The van der Waals surface area contributed by atoms with Crippen molar-refractivity contribution in [2.45, 2.75) is 38.3 Å². The lowest BCUT2D eigenvalue weighted by molar-refractivity contribution is -0.0314. The molecule has 2 bridgehead atoms. The molecule has 7 heteroatoms. The molecule has 2 saturated heterocycles. The van der Waals surface area contributed by atoms with Gasteiger partial charge in [-0.2, -0.15) is 0 Å². The lowest BCUT2D eigenvalue weighted by Crippen LogP contribution is -2.59. The molecule has 3 fully saturated rings. The number of fused-ring (bicyclic) bond motifs is 3. The van der Waals surface area contributed by atoms with Crippen molar-refractivity contribution in [2.24, 2.45) is 5.92 Å². The van der Waals surface area contributed by atoms with E-state index in [0.717, 1.165) is 31.4 Å². The van der Waals surface area contributed by atoms with E-state index in [0.29, 0.717) is 34.5 Å². The normalized spacial score (nSPS) is 21.9. The predicted octanol–water partition coefficient (Wildman–Crippen LogP) is 3.93. The maximum atomic E-state index is 13.9. The highest BCUT2D eigenvalue weighted by Gasteiger charge is 2.45. The summed E-state index contributed by atoms with van der Waals surface area (Å²) in [6.07, 6.45) is 8.04. The Kier molecular flexibility index (Phi) is 5.47. The summed E-state index contributed by atoms with van der Waals surface area (Å²) in [6.45, 7) is 2.72. The summed E-state index contributed by atoms with van der Waals surface area (Å²) in [7, 11) is 1.58. The van der Waals surface area contributed by atoms with E-state index in [1.54, 1.807) is 31.8 Å². The Morgan fingerprint density at radius 2 is 1.91 bits per heavy atom. The molecule has 2 aliphatic heterocycles. The van der Waals surface area contributed by atoms with E-state index in [1.165, 1.54) is 0 Å². The average Bonchev–Trinajstić information content (AvgIpc) is 2.85. The minimum absolute atomic E-state index is 0.00921. The first kappa shape index (κ1) is 20.4. The third-order valence-electron chi connectivity index (χ3n) is 6.40.